The van der Waals surface area contributed by atoms with Crippen LogP contribution < -0.4 is 5.32 Å². The average molecular weight is 400 g/mol. The number of nitrogens with one attached hydrogen (secondary N) is 1. The van der Waals surface area contributed by atoms with Gasteiger partial charge >= 0.3 is 6.03 Å². The van der Waals surface area contributed by atoms with Crippen LogP contribution in [0.5, 0.6) is 0 Å². The van der Waals surface area contributed by atoms with Crippen LogP contribution in [-0.2, 0) is 11.4 Å². The summed E-state index contributed by atoms with van der Waals surface area (Å²) < 4.78 is 0. The zero-order valence-corrected chi connectivity index (χ0v) is 17.2. The molecule has 6 heteroatoms. The molecule has 0 radical (unpaired) electrons. The van der Waals surface area contributed by atoms with E-state index in [0.717, 1.165) is 16.8 Å². The molecule has 0 fully saturated rings. The molecule has 0 spiro atoms. The minimum Gasteiger partial charge on any atom is -0.390 e. The van der Waals surface area contributed by atoms with Crippen molar-refractivity contribution in [1.29, 1.82) is 0 Å². The van der Waals surface area contributed by atoms with Crippen LogP contribution in [0, 0.1) is 6.92 Å². The van der Waals surface area contributed by atoms with Crippen molar-refractivity contribution in [2.45, 2.75) is 45.9 Å². The van der Waals surface area contributed by atoms with Gasteiger partial charge in [-0.3, -0.25) is 0 Å². The minimum atomic E-state index is -0.184. The third-order valence-corrected chi connectivity index (χ3v) is 4.93. The molecule has 1 atom stereocenters. The zero-order chi connectivity index (χ0) is 20.1. The van der Waals surface area contributed by atoms with Crippen LogP contribution in [0.25, 0.3) is 0 Å². The first-order valence-corrected chi connectivity index (χ1v) is 9.88. The first kappa shape index (κ1) is 20.2. The first-order valence-electron chi connectivity index (χ1n) is 9.51. The van der Waals surface area contributed by atoms with E-state index in [0.29, 0.717) is 24.5 Å². The largest absolute Gasteiger partial charge is 0.390 e. The smallest absolute Gasteiger partial charge is 0.318 e. The Morgan fingerprint density at radius 1 is 1.25 bits per heavy atom. The highest BCUT2D eigenvalue weighted by Gasteiger charge is 2.27. The number of carbonyl (C=O) groups is 1. The molecule has 1 heterocycles. The van der Waals surface area contributed by atoms with Crippen molar-refractivity contribution in [3.8, 4) is 0 Å². The summed E-state index contributed by atoms with van der Waals surface area (Å²) in [6.45, 7) is 6.78. The summed E-state index contributed by atoms with van der Waals surface area (Å²) in [7, 11) is 0. The van der Waals surface area contributed by atoms with Gasteiger partial charge in [0.25, 0.3) is 0 Å². The number of hydrogen-bond acceptors (Lipinski definition) is 3. The number of aryl methyl sites for hydroxylation is 1. The topological polar surface area (TPSA) is 53.9 Å². The van der Waals surface area contributed by atoms with Gasteiger partial charge in [0.05, 0.1) is 12.3 Å². The molecule has 0 aliphatic carbocycles. The number of halogens is 1. The van der Waals surface area contributed by atoms with Crippen LogP contribution in [0.4, 0.5) is 4.79 Å². The number of hydrogen-bond donors (Lipinski definition) is 1. The van der Waals surface area contributed by atoms with E-state index < -0.39 is 0 Å². The van der Waals surface area contributed by atoms with Crippen molar-refractivity contribution in [3.05, 3.63) is 70.2 Å². The summed E-state index contributed by atoms with van der Waals surface area (Å²) in [6.07, 6.45) is 0.480. The maximum absolute atomic E-state index is 12.7. The van der Waals surface area contributed by atoms with Crippen LogP contribution >= 0.6 is 11.6 Å². The maximum atomic E-state index is 12.7. The van der Waals surface area contributed by atoms with Gasteiger partial charge in [-0.2, -0.15) is 0 Å². The molecule has 0 saturated heterocycles. The third-order valence-electron chi connectivity index (χ3n) is 4.56. The van der Waals surface area contributed by atoms with E-state index in [2.05, 4.69) is 29.5 Å². The van der Waals surface area contributed by atoms with Crippen molar-refractivity contribution in [1.82, 2.24) is 10.2 Å². The molecule has 0 aromatic heterocycles. The number of urea groups is 1. The van der Waals surface area contributed by atoms with Crippen LogP contribution in [-0.4, -0.2) is 35.3 Å². The van der Waals surface area contributed by atoms with E-state index in [1.54, 1.807) is 4.90 Å². The number of nitrogens with zero attached hydrogens (tertiary/aromatic N) is 2. The van der Waals surface area contributed by atoms with Gasteiger partial charge in [0.1, 0.15) is 0 Å². The molecule has 5 nitrogen and oxygen atoms in total. The lowest BCUT2D eigenvalue weighted by Crippen LogP contribution is -2.45. The monoisotopic (exact) mass is 399 g/mol. The fraction of sp³-hybridized carbons (Fsp3) is 0.364. The van der Waals surface area contributed by atoms with E-state index in [-0.39, 0.29) is 18.2 Å². The van der Waals surface area contributed by atoms with E-state index in [1.165, 1.54) is 5.56 Å². The maximum Gasteiger partial charge on any atom is 0.318 e. The summed E-state index contributed by atoms with van der Waals surface area (Å²) in [5, 5.41) is 7.85. The third kappa shape index (κ3) is 5.26. The van der Waals surface area contributed by atoms with Crippen LogP contribution in [0.1, 0.15) is 37.0 Å². The number of carbonyl (C=O) groups excluding carboxylic acids is 1. The molecule has 0 saturated carbocycles. The standard InChI is InChI=1S/C22H26ClN3O2/c1-15(2)24-22(27)26(13-18-6-4-5-7-20(18)23)14-19-12-21(25-28-19)17-10-8-16(3)9-11-17/h4-11,15,19H,12-14H2,1-3H3,(H,24,27). The highest BCUT2D eigenvalue weighted by atomic mass is 35.5. The second-order valence-corrected chi connectivity index (χ2v) is 7.82. The summed E-state index contributed by atoms with van der Waals surface area (Å²) in [6, 6.07) is 15.7. The average Bonchev–Trinajstić information content (AvgIpc) is 3.11. The summed E-state index contributed by atoms with van der Waals surface area (Å²) in [5.41, 5.74) is 4.07. The first-order chi connectivity index (χ1) is 13.4. The second-order valence-electron chi connectivity index (χ2n) is 7.41. The van der Waals surface area contributed by atoms with Crippen molar-refractivity contribution in [2.75, 3.05) is 6.54 Å². The molecular formula is C22H26ClN3O2. The Hall–Kier alpha value is -2.53. The van der Waals surface area contributed by atoms with Gasteiger partial charge in [-0.05, 0) is 38.0 Å². The fourth-order valence-electron chi connectivity index (χ4n) is 3.08. The van der Waals surface area contributed by atoms with Gasteiger partial charge in [-0.15, -0.1) is 0 Å². The molecule has 2 aromatic carbocycles. The minimum absolute atomic E-state index is 0.0464. The molecule has 1 aliphatic rings. The molecule has 3 rings (SSSR count). The highest BCUT2D eigenvalue weighted by molar-refractivity contribution is 6.31. The molecule has 2 aromatic rings. The molecule has 148 valence electrons. The second kappa shape index (κ2) is 9.11. The highest BCUT2D eigenvalue weighted by Crippen LogP contribution is 2.21. The van der Waals surface area contributed by atoms with Gasteiger partial charge in [0.2, 0.25) is 0 Å². The Balaban J connectivity index is 1.68. The van der Waals surface area contributed by atoms with E-state index in [4.69, 9.17) is 16.4 Å². The normalized spacial score (nSPS) is 15.9. The Morgan fingerprint density at radius 2 is 1.96 bits per heavy atom. The zero-order valence-electron chi connectivity index (χ0n) is 16.5. The van der Waals surface area contributed by atoms with Crippen molar-refractivity contribution < 1.29 is 9.63 Å². The molecule has 1 aliphatic heterocycles. The van der Waals surface area contributed by atoms with E-state index in [1.807, 2.05) is 50.2 Å². The van der Waals surface area contributed by atoms with Gasteiger partial charge < -0.3 is 15.1 Å². The SMILES string of the molecule is Cc1ccc(C2=NOC(CN(Cc3ccccc3Cl)C(=O)NC(C)C)C2)cc1. The van der Waals surface area contributed by atoms with Gasteiger partial charge in [0, 0.05) is 24.0 Å². The lowest BCUT2D eigenvalue weighted by molar-refractivity contribution is 0.0586. The Morgan fingerprint density at radius 3 is 2.64 bits per heavy atom. The van der Waals surface area contributed by atoms with Crippen LogP contribution in [0.15, 0.2) is 53.7 Å². The predicted octanol–water partition coefficient (Wildman–Crippen LogP) is 4.76. The van der Waals surface area contributed by atoms with Crippen molar-refractivity contribution in [3.63, 3.8) is 0 Å². The van der Waals surface area contributed by atoms with Gasteiger partial charge in [0.15, 0.2) is 6.10 Å². The number of rotatable bonds is 6. The Labute approximate surface area is 171 Å². The number of amides is 2. The predicted molar refractivity (Wildman–Crippen MR) is 113 cm³/mol. The molecule has 28 heavy (non-hydrogen) atoms. The van der Waals surface area contributed by atoms with Gasteiger partial charge in [-0.25, -0.2) is 4.79 Å². The number of benzene rings is 2. The summed E-state index contributed by atoms with van der Waals surface area (Å²) in [4.78, 5) is 20.1. The summed E-state index contributed by atoms with van der Waals surface area (Å²) >= 11 is 6.30. The molecule has 1 unspecified atom stereocenters. The lowest BCUT2D eigenvalue weighted by atomic mass is 10.0. The lowest BCUT2D eigenvalue weighted by Gasteiger charge is -2.26. The number of oxime groups is 1. The van der Waals surface area contributed by atoms with Crippen molar-refractivity contribution in [2.24, 2.45) is 5.16 Å². The van der Waals surface area contributed by atoms with Crippen LogP contribution in [0.3, 0.4) is 0 Å². The van der Waals surface area contributed by atoms with Crippen molar-refractivity contribution >= 4 is 23.3 Å². The summed E-state index contributed by atoms with van der Waals surface area (Å²) in [5.74, 6) is 0. The van der Waals surface area contributed by atoms with Crippen LogP contribution in [0.2, 0.25) is 5.02 Å². The molecule has 0 bridgehead atoms. The molecular weight excluding hydrogens is 374 g/mol. The quantitative estimate of drug-likeness (QED) is 0.761. The molecule has 2 amide bonds. The van der Waals surface area contributed by atoms with Gasteiger partial charge in [-0.1, -0.05) is 64.8 Å². The molecule has 1 N–H and O–H groups in total. The fourth-order valence-corrected chi connectivity index (χ4v) is 3.27. The Bertz CT molecular complexity index is 849. The van der Waals surface area contributed by atoms with E-state index >= 15 is 0 Å². The van der Waals surface area contributed by atoms with E-state index in [9.17, 15) is 4.79 Å². The Kier molecular flexibility index (Phi) is 6.57.